The van der Waals surface area contributed by atoms with E-state index in [0.717, 1.165) is 30.1 Å². The Morgan fingerprint density at radius 3 is 2.59 bits per heavy atom. The molecule has 1 atom stereocenters. The van der Waals surface area contributed by atoms with Crippen LogP contribution >= 0.6 is 11.6 Å². The van der Waals surface area contributed by atoms with Crippen LogP contribution in [0.3, 0.4) is 0 Å². The minimum atomic E-state index is -2.24. The second kappa shape index (κ2) is 9.77. The Kier molecular flexibility index (Phi) is 6.65. The van der Waals surface area contributed by atoms with Crippen molar-refractivity contribution >= 4 is 45.9 Å². The molecule has 0 radical (unpaired) electrons. The minimum Gasteiger partial charge on any atom is -0.372 e. The maximum atomic E-state index is 13.6. The topological polar surface area (TPSA) is 109 Å². The fraction of sp³-hybridized carbons (Fsp3) is 0.346. The van der Waals surface area contributed by atoms with Gasteiger partial charge in [0.05, 0.1) is 0 Å². The largest absolute Gasteiger partial charge is 0.372 e. The maximum Gasteiger partial charge on any atom is 0.270 e. The Morgan fingerprint density at radius 2 is 1.86 bits per heavy atom. The number of nitrogens with zero attached hydrogens (tertiary/aromatic N) is 3. The normalized spacial score (nSPS) is 20.6. The van der Waals surface area contributed by atoms with Crippen molar-refractivity contribution in [2.24, 2.45) is 0 Å². The zero-order valence-corrected chi connectivity index (χ0v) is 21.0. The second-order valence-electron chi connectivity index (χ2n) is 9.58. The van der Waals surface area contributed by atoms with Crippen molar-refractivity contribution in [3.05, 3.63) is 64.6 Å². The molecule has 2 saturated heterocycles. The fourth-order valence-corrected chi connectivity index (χ4v) is 5.03. The summed E-state index contributed by atoms with van der Waals surface area (Å²) < 4.78 is 13.6. The molecule has 9 nitrogen and oxygen atoms in total. The first-order valence-electron chi connectivity index (χ1n) is 12.0. The van der Waals surface area contributed by atoms with Crippen LogP contribution in [-0.2, 0) is 16.1 Å². The maximum absolute atomic E-state index is 13.6. The number of likely N-dealkylation sites (N-methyl/N-ethyl adjacent to an activating group) is 1. The third-order valence-corrected chi connectivity index (χ3v) is 7.20. The van der Waals surface area contributed by atoms with Gasteiger partial charge in [-0.1, -0.05) is 11.6 Å². The Labute approximate surface area is 217 Å². The SMILES string of the molecule is CN1CCN(C(=O)c2cc3cc(N4CCC(O)(C(=O)NCc5cc(F)cc(Cl)c5)C4=O)ccc3[nH]2)CC1. The van der Waals surface area contributed by atoms with E-state index in [1.54, 1.807) is 24.3 Å². The van der Waals surface area contributed by atoms with Gasteiger partial charge in [0.25, 0.3) is 17.7 Å². The average molecular weight is 528 g/mol. The average Bonchev–Trinajstić information content (AvgIpc) is 3.43. The number of nitrogens with one attached hydrogen (secondary N) is 2. The summed E-state index contributed by atoms with van der Waals surface area (Å²) in [5.74, 6) is -2.23. The highest BCUT2D eigenvalue weighted by molar-refractivity contribution is 6.30. The van der Waals surface area contributed by atoms with Gasteiger partial charge in [0, 0.05) is 67.3 Å². The van der Waals surface area contributed by atoms with Crippen LogP contribution in [0.25, 0.3) is 10.9 Å². The number of benzene rings is 2. The Balaban J connectivity index is 1.29. The van der Waals surface area contributed by atoms with Crippen molar-refractivity contribution in [1.29, 1.82) is 0 Å². The van der Waals surface area contributed by atoms with Gasteiger partial charge in [-0.25, -0.2) is 4.39 Å². The van der Waals surface area contributed by atoms with E-state index < -0.39 is 23.2 Å². The van der Waals surface area contributed by atoms with Crippen LogP contribution in [0.2, 0.25) is 5.02 Å². The number of hydrogen-bond donors (Lipinski definition) is 3. The number of aromatic amines is 1. The summed E-state index contributed by atoms with van der Waals surface area (Å²) in [6, 6.07) is 10.8. The molecule has 0 bridgehead atoms. The van der Waals surface area contributed by atoms with Crippen molar-refractivity contribution in [3.63, 3.8) is 0 Å². The van der Waals surface area contributed by atoms with E-state index in [2.05, 4.69) is 15.2 Å². The van der Waals surface area contributed by atoms with Crippen molar-refractivity contribution in [2.75, 3.05) is 44.7 Å². The highest BCUT2D eigenvalue weighted by atomic mass is 35.5. The third kappa shape index (κ3) is 4.92. The molecule has 1 aromatic heterocycles. The Hall–Kier alpha value is -3.47. The Morgan fingerprint density at radius 1 is 1.11 bits per heavy atom. The number of fused-ring (bicyclic) bond motifs is 1. The van der Waals surface area contributed by atoms with Crippen LogP contribution < -0.4 is 10.2 Å². The molecule has 2 fully saturated rings. The number of carbonyl (C=O) groups excluding carboxylic acids is 3. The molecule has 1 unspecified atom stereocenters. The van der Waals surface area contributed by atoms with Gasteiger partial charge in [-0.2, -0.15) is 0 Å². The third-order valence-electron chi connectivity index (χ3n) is 6.98. The van der Waals surface area contributed by atoms with Crippen LogP contribution in [0.15, 0.2) is 42.5 Å². The molecule has 3 amide bonds. The number of aromatic nitrogens is 1. The van der Waals surface area contributed by atoms with Crippen LogP contribution in [0.4, 0.5) is 10.1 Å². The zero-order chi connectivity index (χ0) is 26.3. The molecule has 11 heteroatoms. The standard InChI is InChI=1S/C26H27ClFN5O4/c1-31-6-8-32(9-7-31)23(34)22-13-17-12-20(2-3-21(17)30-22)33-5-4-26(37,25(33)36)24(35)29-15-16-10-18(27)14-19(28)11-16/h2-3,10-14,30,37H,4-9,15H2,1H3,(H,29,35). The lowest BCUT2D eigenvalue weighted by molar-refractivity contribution is -0.149. The van der Waals surface area contributed by atoms with E-state index in [9.17, 15) is 23.9 Å². The summed E-state index contributed by atoms with van der Waals surface area (Å²) in [4.78, 5) is 47.3. The van der Waals surface area contributed by atoms with Crippen LogP contribution in [0.1, 0.15) is 22.5 Å². The number of H-pyrrole nitrogens is 1. The fourth-order valence-electron chi connectivity index (χ4n) is 4.79. The Bertz CT molecular complexity index is 1370. The van der Waals surface area contributed by atoms with E-state index in [1.165, 1.54) is 17.0 Å². The molecule has 5 rings (SSSR count). The van der Waals surface area contributed by atoms with Crippen molar-refractivity contribution in [3.8, 4) is 0 Å². The van der Waals surface area contributed by atoms with Gasteiger partial charge < -0.3 is 30.1 Å². The summed E-state index contributed by atoms with van der Waals surface area (Å²) in [6.07, 6.45) is -0.0973. The van der Waals surface area contributed by atoms with Crippen molar-refractivity contribution in [2.45, 2.75) is 18.6 Å². The highest BCUT2D eigenvalue weighted by Gasteiger charge is 2.51. The van der Waals surface area contributed by atoms with E-state index in [4.69, 9.17) is 11.6 Å². The van der Waals surface area contributed by atoms with Gasteiger partial charge in [0.15, 0.2) is 0 Å². The molecule has 3 N–H and O–H groups in total. The van der Waals surface area contributed by atoms with E-state index in [0.29, 0.717) is 30.0 Å². The molecule has 3 heterocycles. The summed E-state index contributed by atoms with van der Waals surface area (Å²) in [6.45, 7) is 3.00. The number of halogens is 2. The van der Waals surface area contributed by atoms with Gasteiger partial charge in [-0.05, 0) is 55.1 Å². The molecule has 2 aromatic carbocycles. The lowest BCUT2D eigenvalue weighted by atomic mass is 10.0. The molecule has 3 aromatic rings. The molecular weight excluding hydrogens is 501 g/mol. The highest BCUT2D eigenvalue weighted by Crippen LogP contribution is 2.31. The first-order valence-corrected chi connectivity index (χ1v) is 12.4. The lowest BCUT2D eigenvalue weighted by Gasteiger charge is -2.32. The molecule has 2 aliphatic rings. The molecule has 0 spiro atoms. The van der Waals surface area contributed by atoms with Gasteiger partial charge in [-0.15, -0.1) is 0 Å². The summed E-state index contributed by atoms with van der Waals surface area (Å²) in [5.41, 5.74) is -0.112. The molecule has 0 saturated carbocycles. The molecule has 37 heavy (non-hydrogen) atoms. The summed E-state index contributed by atoms with van der Waals surface area (Å²) in [5, 5.41) is 14.4. The predicted octanol–water partition coefficient (Wildman–Crippen LogP) is 2.13. The molecular formula is C26H27ClFN5O4. The smallest absolute Gasteiger partial charge is 0.270 e. The number of carbonyl (C=O) groups is 3. The number of aliphatic hydroxyl groups is 1. The van der Waals surface area contributed by atoms with Gasteiger partial charge in [0.1, 0.15) is 11.5 Å². The summed E-state index contributed by atoms with van der Waals surface area (Å²) >= 11 is 5.85. The van der Waals surface area contributed by atoms with Crippen LogP contribution in [0, 0.1) is 5.82 Å². The number of rotatable bonds is 5. The quantitative estimate of drug-likeness (QED) is 0.441. The van der Waals surface area contributed by atoms with E-state index in [-0.39, 0.29) is 30.4 Å². The number of piperazine rings is 1. The number of anilines is 1. The van der Waals surface area contributed by atoms with Crippen LogP contribution in [0.5, 0.6) is 0 Å². The van der Waals surface area contributed by atoms with Gasteiger partial charge in [0.2, 0.25) is 5.60 Å². The van der Waals surface area contributed by atoms with Crippen molar-refractivity contribution < 1.29 is 23.9 Å². The second-order valence-corrected chi connectivity index (χ2v) is 10.0. The van der Waals surface area contributed by atoms with E-state index in [1.807, 2.05) is 11.9 Å². The predicted molar refractivity (Wildman–Crippen MR) is 137 cm³/mol. The molecule has 2 aliphatic heterocycles. The molecule has 0 aliphatic carbocycles. The van der Waals surface area contributed by atoms with Gasteiger partial charge >= 0.3 is 0 Å². The minimum absolute atomic E-state index is 0.0753. The van der Waals surface area contributed by atoms with Crippen molar-refractivity contribution in [1.82, 2.24) is 20.1 Å². The molecule has 194 valence electrons. The number of hydrogen-bond acceptors (Lipinski definition) is 5. The first kappa shape index (κ1) is 25.2. The van der Waals surface area contributed by atoms with Gasteiger partial charge in [-0.3, -0.25) is 14.4 Å². The number of amides is 3. The zero-order valence-electron chi connectivity index (χ0n) is 20.3. The lowest BCUT2D eigenvalue weighted by Crippen LogP contribution is -2.52. The van der Waals surface area contributed by atoms with Crippen LogP contribution in [-0.4, -0.2) is 83.0 Å². The van der Waals surface area contributed by atoms with E-state index >= 15 is 0 Å². The first-order chi connectivity index (χ1) is 17.6. The monoisotopic (exact) mass is 527 g/mol. The summed E-state index contributed by atoms with van der Waals surface area (Å²) in [7, 11) is 2.02.